The average molecular weight is 228 g/mol. The SMILES string of the molecule is CC1(C(=O)NCCCCCO)CCNCC1. The summed E-state index contributed by atoms with van der Waals surface area (Å²) in [6.45, 7) is 4.92. The third-order valence-electron chi connectivity index (χ3n) is 3.38. The molecule has 1 saturated heterocycles. The maximum atomic E-state index is 12.0. The van der Waals surface area contributed by atoms with E-state index in [9.17, 15) is 4.79 Å². The Morgan fingerprint density at radius 2 is 2.00 bits per heavy atom. The van der Waals surface area contributed by atoms with Crippen LogP contribution in [0.5, 0.6) is 0 Å². The Kier molecular flexibility index (Phi) is 5.77. The lowest BCUT2D eigenvalue weighted by Gasteiger charge is -2.32. The van der Waals surface area contributed by atoms with Crippen LogP contribution in [-0.4, -0.2) is 37.3 Å². The molecule has 1 heterocycles. The Bertz CT molecular complexity index is 213. The Morgan fingerprint density at radius 3 is 2.62 bits per heavy atom. The number of carbonyl (C=O) groups is 1. The predicted molar refractivity (Wildman–Crippen MR) is 64.2 cm³/mol. The number of amides is 1. The second kappa shape index (κ2) is 6.86. The maximum Gasteiger partial charge on any atom is 0.226 e. The summed E-state index contributed by atoms with van der Waals surface area (Å²) in [5.74, 6) is 0.193. The van der Waals surface area contributed by atoms with Crippen LogP contribution in [0.15, 0.2) is 0 Å². The third kappa shape index (κ3) is 4.10. The molecule has 0 radical (unpaired) electrons. The lowest BCUT2D eigenvalue weighted by molar-refractivity contribution is -0.131. The number of unbranched alkanes of at least 4 members (excludes halogenated alkanes) is 2. The lowest BCUT2D eigenvalue weighted by atomic mass is 9.80. The van der Waals surface area contributed by atoms with E-state index in [-0.39, 0.29) is 17.9 Å². The Morgan fingerprint density at radius 1 is 1.31 bits per heavy atom. The van der Waals surface area contributed by atoms with Crippen LogP contribution in [0.4, 0.5) is 0 Å². The van der Waals surface area contributed by atoms with Crippen LogP contribution in [0.2, 0.25) is 0 Å². The molecule has 0 aliphatic carbocycles. The molecule has 0 atom stereocenters. The van der Waals surface area contributed by atoms with Gasteiger partial charge in [0.2, 0.25) is 5.91 Å². The Balaban J connectivity index is 2.18. The highest BCUT2D eigenvalue weighted by Crippen LogP contribution is 2.27. The number of aliphatic hydroxyl groups is 1. The molecule has 4 nitrogen and oxygen atoms in total. The number of carbonyl (C=O) groups excluding carboxylic acids is 1. The quantitative estimate of drug-likeness (QED) is 0.585. The standard InChI is InChI=1S/C12H24N2O2/c1-12(5-8-13-9-6-12)11(16)14-7-3-2-4-10-15/h13,15H,2-10H2,1H3,(H,14,16). The number of piperidine rings is 1. The van der Waals surface area contributed by atoms with Crippen LogP contribution >= 0.6 is 0 Å². The minimum atomic E-state index is -0.178. The van der Waals surface area contributed by atoms with Crippen molar-refractivity contribution in [3.8, 4) is 0 Å². The van der Waals surface area contributed by atoms with Gasteiger partial charge in [0.05, 0.1) is 0 Å². The first-order valence-electron chi connectivity index (χ1n) is 6.29. The summed E-state index contributed by atoms with van der Waals surface area (Å²) in [6.07, 6.45) is 4.62. The van der Waals surface area contributed by atoms with Crippen molar-refractivity contribution in [3.05, 3.63) is 0 Å². The molecule has 0 spiro atoms. The van der Waals surface area contributed by atoms with Crippen molar-refractivity contribution in [2.75, 3.05) is 26.2 Å². The summed E-state index contributed by atoms with van der Waals surface area (Å²) >= 11 is 0. The summed E-state index contributed by atoms with van der Waals surface area (Å²) in [5, 5.41) is 14.9. The van der Waals surface area contributed by atoms with Crippen molar-refractivity contribution in [2.45, 2.75) is 39.0 Å². The van der Waals surface area contributed by atoms with Crippen LogP contribution in [0.1, 0.15) is 39.0 Å². The number of aliphatic hydroxyl groups excluding tert-OH is 1. The first-order valence-corrected chi connectivity index (χ1v) is 6.29. The highest BCUT2D eigenvalue weighted by Gasteiger charge is 2.33. The second-order valence-corrected chi connectivity index (χ2v) is 4.85. The molecule has 1 rings (SSSR count). The number of hydrogen-bond donors (Lipinski definition) is 3. The molecular weight excluding hydrogens is 204 g/mol. The smallest absolute Gasteiger partial charge is 0.226 e. The third-order valence-corrected chi connectivity index (χ3v) is 3.38. The van der Waals surface area contributed by atoms with E-state index in [4.69, 9.17) is 5.11 Å². The summed E-state index contributed by atoms with van der Waals surface area (Å²) in [7, 11) is 0. The van der Waals surface area contributed by atoms with Gasteiger partial charge in [-0.3, -0.25) is 4.79 Å². The Hall–Kier alpha value is -0.610. The van der Waals surface area contributed by atoms with Crippen molar-refractivity contribution >= 4 is 5.91 Å². The molecule has 4 heteroatoms. The van der Waals surface area contributed by atoms with Gasteiger partial charge in [0, 0.05) is 18.6 Å². The molecule has 1 amide bonds. The van der Waals surface area contributed by atoms with Crippen LogP contribution in [0, 0.1) is 5.41 Å². The first-order chi connectivity index (χ1) is 7.69. The molecule has 0 aromatic rings. The van der Waals surface area contributed by atoms with Gasteiger partial charge in [-0.05, 0) is 45.2 Å². The van der Waals surface area contributed by atoms with Crippen LogP contribution < -0.4 is 10.6 Å². The summed E-state index contributed by atoms with van der Waals surface area (Å²) in [5.41, 5.74) is -0.178. The van der Waals surface area contributed by atoms with Gasteiger partial charge in [-0.2, -0.15) is 0 Å². The van der Waals surface area contributed by atoms with E-state index in [2.05, 4.69) is 17.6 Å². The van der Waals surface area contributed by atoms with E-state index < -0.39 is 0 Å². The van der Waals surface area contributed by atoms with Crippen molar-refractivity contribution < 1.29 is 9.90 Å². The molecule has 3 N–H and O–H groups in total. The zero-order chi connectivity index (χ0) is 11.9. The molecule has 0 aromatic heterocycles. The topological polar surface area (TPSA) is 61.4 Å². The zero-order valence-electron chi connectivity index (χ0n) is 10.2. The summed E-state index contributed by atoms with van der Waals surface area (Å²) in [6, 6.07) is 0. The molecule has 0 unspecified atom stereocenters. The van der Waals surface area contributed by atoms with Crippen molar-refractivity contribution in [1.29, 1.82) is 0 Å². The molecule has 1 aliphatic rings. The molecule has 0 bridgehead atoms. The fraction of sp³-hybridized carbons (Fsp3) is 0.917. The van der Waals surface area contributed by atoms with Crippen LogP contribution in [0.3, 0.4) is 0 Å². The minimum Gasteiger partial charge on any atom is -0.396 e. The van der Waals surface area contributed by atoms with E-state index in [0.717, 1.165) is 51.7 Å². The van der Waals surface area contributed by atoms with E-state index in [1.165, 1.54) is 0 Å². The molecule has 0 saturated carbocycles. The van der Waals surface area contributed by atoms with E-state index in [1.54, 1.807) is 0 Å². The maximum absolute atomic E-state index is 12.0. The number of nitrogens with one attached hydrogen (secondary N) is 2. The highest BCUT2D eigenvalue weighted by atomic mass is 16.2. The molecule has 1 fully saturated rings. The molecule has 1 aliphatic heterocycles. The molecule has 16 heavy (non-hydrogen) atoms. The summed E-state index contributed by atoms with van der Waals surface area (Å²) in [4.78, 5) is 12.0. The fourth-order valence-electron chi connectivity index (χ4n) is 2.03. The number of hydrogen-bond acceptors (Lipinski definition) is 3. The molecular formula is C12H24N2O2. The zero-order valence-corrected chi connectivity index (χ0v) is 10.2. The van der Waals surface area contributed by atoms with E-state index in [0.29, 0.717) is 0 Å². The van der Waals surface area contributed by atoms with Gasteiger partial charge in [-0.1, -0.05) is 6.92 Å². The normalized spacial score (nSPS) is 19.4. The van der Waals surface area contributed by atoms with E-state index in [1.807, 2.05) is 0 Å². The monoisotopic (exact) mass is 228 g/mol. The van der Waals surface area contributed by atoms with Crippen LogP contribution in [-0.2, 0) is 4.79 Å². The van der Waals surface area contributed by atoms with Gasteiger partial charge < -0.3 is 15.7 Å². The Labute approximate surface area is 97.8 Å². The average Bonchev–Trinajstić information content (AvgIpc) is 2.29. The van der Waals surface area contributed by atoms with Crippen LogP contribution in [0.25, 0.3) is 0 Å². The van der Waals surface area contributed by atoms with Gasteiger partial charge in [0.25, 0.3) is 0 Å². The highest BCUT2D eigenvalue weighted by molar-refractivity contribution is 5.82. The molecule has 94 valence electrons. The lowest BCUT2D eigenvalue weighted by Crippen LogP contribution is -2.46. The van der Waals surface area contributed by atoms with Crippen molar-refractivity contribution in [2.24, 2.45) is 5.41 Å². The minimum absolute atomic E-state index is 0.178. The van der Waals surface area contributed by atoms with Gasteiger partial charge >= 0.3 is 0 Å². The van der Waals surface area contributed by atoms with Gasteiger partial charge in [0.1, 0.15) is 0 Å². The van der Waals surface area contributed by atoms with Crippen molar-refractivity contribution in [3.63, 3.8) is 0 Å². The van der Waals surface area contributed by atoms with E-state index >= 15 is 0 Å². The van der Waals surface area contributed by atoms with Crippen molar-refractivity contribution in [1.82, 2.24) is 10.6 Å². The van der Waals surface area contributed by atoms with Gasteiger partial charge in [-0.25, -0.2) is 0 Å². The first kappa shape index (κ1) is 13.5. The van der Waals surface area contributed by atoms with Gasteiger partial charge in [-0.15, -0.1) is 0 Å². The van der Waals surface area contributed by atoms with Gasteiger partial charge in [0.15, 0.2) is 0 Å². The second-order valence-electron chi connectivity index (χ2n) is 4.85. The number of rotatable bonds is 6. The predicted octanol–water partition coefficient (Wildman–Crippen LogP) is 0.655. The fourth-order valence-corrected chi connectivity index (χ4v) is 2.03. The largest absolute Gasteiger partial charge is 0.396 e. The summed E-state index contributed by atoms with van der Waals surface area (Å²) < 4.78 is 0. The molecule has 0 aromatic carbocycles.